The van der Waals surface area contributed by atoms with Gasteiger partial charge in [-0.2, -0.15) is 0 Å². The van der Waals surface area contributed by atoms with Gasteiger partial charge in [0.25, 0.3) is 0 Å². The van der Waals surface area contributed by atoms with E-state index in [1.807, 2.05) is 6.92 Å². The van der Waals surface area contributed by atoms with Crippen molar-refractivity contribution in [2.75, 3.05) is 19.6 Å². The maximum atomic E-state index is 10.9. The molecule has 0 aliphatic rings. The van der Waals surface area contributed by atoms with E-state index >= 15 is 0 Å². The Balaban J connectivity index is 4.13. The van der Waals surface area contributed by atoms with E-state index < -0.39 is 11.5 Å². The molecule has 0 bridgehead atoms. The number of nitrogens with zero attached hydrogens (tertiary/aromatic N) is 1. The summed E-state index contributed by atoms with van der Waals surface area (Å²) >= 11 is 0. The molecule has 0 aromatic carbocycles. The van der Waals surface area contributed by atoms with Crippen LogP contribution in [0.4, 0.5) is 0 Å². The number of hydrogen-bond acceptors (Lipinski definition) is 3. The molecule has 0 aliphatic carbocycles. The number of carboxylic acid groups (broad SMARTS) is 1. The molecule has 0 aromatic heterocycles. The van der Waals surface area contributed by atoms with Crippen molar-refractivity contribution in [1.82, 2.24) is 10.2 Å². The molecule has 0 aliphatic heterocycles. The highest BCUT2D eigenvalue weighted by Gasteiger charge is 2.28. The standard InChI is InChI=1S/C11H24N2O2/c1-6-13(7-2)8-9(3)12-11(4,5)10(14)15/h9,12H,6-8H2,1-5H3,(H,14,15). The lowest BCUT2D eigenvalue weighted by Gasteiger charge is -2.29. The van der Waals surface area contributed by atoms with Crippen molar-refractivity contribution in [2.45, 2.75) is 46.2 Å². The molecule has 90 valence electrons. The second-order valence-electron chi connectivity index (χ2n) is 4.46. The highest BCUT2D eigenvalue weighted by atomic mass is 16.4. The van der Waals surface area contributed by atoms with E-state index in [2.05, 4.69) is 24.1 Å². The van der Waals surface area contributed by atoms with Crippen LogP contribution in [0, 0.1) is 0 Å². The summed E-state index contributed by atoms with van der Waals surface area (Å²) in [5, 5.41) is 12.1. The molecule has 2 N–H and O–H groups in total. The summed E-state index contributed by atoms with van der Waals surface area (Å²) in [6, 6.07) is 0.177. The van der Waals surface area contributed by atoms with E-state index in [1.54, 1.807) is 13.8 Å². The van der Waals surface area contributed by atoms with Gasteiger partial charge in [0.2, 0.25) is 0 Å². The number of rotatable bonds is 7. The predicted molar refractivity (Wildman–Crippen MR) is 62.1 cm³/mol. The second-order valence-corrected chi connectivity index (χ2v) is 4.46. The lowest BCUT2D eigenvalue weighted by molar-refractivity contribution is -0.143. The van der Waals surface area contributed by atoms with Gasteiger partial charge < -0.3 is 10.0 Å². The zero-order chi connectivity index (χ0) is 12.1. The summed E-state index contributed by atoms with van der Waals surface area (Å²) in [6.07, 6.45) is 0. The van der Waals surface area contributed by atoms with Gasteiger partial charge in [0.05, 0.1) is 0 Å². The molecule has 0 spiro atoms. The van der Waals surface area contributed by atoms with Crippen LogP contribution < -0.4 is 5.32 Å². The number of aliphatic carboxylic acids is 1. The van der Waals surface area contributed by atoms with Crippen LogP contribution >= 0.6 is 0 Å². The molecule has 0 saturated carbocycles. The highest BCUT2D eigenvalue weighted by molar-refractivity contribution is 5.77. The molecular formula is C11H24N2O2. The summed E-state index contributed by atoms with van der Waals surface area (Å²) in [6.45, 7) is 12.5. The highest BCUT2D eigenvalue weighted by Crippen LogP contribution is 2.04. The largest absolute Gasteiger partial charge is 0.480 e. The smallest absolute Gasteiger partial charge is 0.323 e. The molecular weight excluding hydrogens is 192 g/mol. The Hall–Kier alpha value is -0.610. The van der Waals surface area contributed by atoms with Gasteiger partial charge >= 0.3 is 5.97 Å². The van der Waals surface area contributed by atoms with Gasteiger partial charge in [-0.25, -0.2) is 0 Å². The lowest BCUT2D eigenvalue weighted by atomic mass is 10.0. The number of nitrogens with one attached hydrogen (secondary N) is 1. The molecule has 0 rings (SSSR count). The molecule has 15 heavy (non-hydrogen) atoms. The Labute approximate surface area is 92.7 Å². The third-order valence-electron chi connectivity index (χ3n) is 2.57. The molecule has 0 fully saturated rings. The van der Waals surface area contributed by atoms with Crippen molar-refractivity contribution < 1.29 is 9.90 Å². The first-order valence-corrected chi connectivity index (χ1v) is 5.56. The summed E-state index contributed by atoms with van der Waals surface area (Å²) in [7, 11) is 0. The average molecular weight is 216 g/mol. The molecule has 0 amide bonds. The Kier molecular flexibility index (Phi) is 5.83. The van der Waals surface area contributed by atoms with Crippen molar-refractivity contribution in [2.24, 2.45) is 0 Å². The van der Waals surface area contributed by atoms with Crippen molar-refractivity contribution in [3.8, 4) is 0 Å². The monoisotopic (exact) mass is 216 g/mol. The molecule has 0 heterocycles. The van der Waals surface area contributed by atoms with E-state index in [0.29, 0.717) is 0 Å². The predicted octanol–water partition coefficient (Wildman–Crippen LogP) is 1.17. The quantitative estimate of drug-likeness (QED) is 0.671. The molecule has 0 radical (unpaired) electrons. The SMILES string of the molecule is CCN(CC)CC(C)NC(C)(C)C(=O)O. The van der Waals surface area contributed by atoms with E-state index in [-0.39, 0.29) is 6.04 Å². The number of hydrogen-bond donors (Lipinski definition) is 2. The van der Waals surface area contributed by atoms with E-state index in [9.17, 15) is 4.79 Å². The summed E-state index contributed by atoms with van der Waals surface area (Å²) in [4.78, 5) is 13.2. The molecule has 1 unspecified atom stereocenters. The van der Waals surface area contributed by atoms with Crippen LogP contribution in [0.25, 0.3) is 0 Å². The fraction of sp³-hybridized carbons (Fsp3) is 0.909. The average Bonchev–Trinajstić information content (AvgIpc) is 2.13. The Morgan fingerprint density at radius 3 is 2.20 bits per heavy atom. The number of likely N-dealkylation sites (N-methyl/N-ethyl adjacent to an activating group) is 1. The van der Waals surface area contributed by atoms with Crippen molar-refractivity contribution in [1.29, 1.82) is 0 Å². The van der Waals surface area contributed by atoms with Gasteiger partial charge in [0.1, 0.15) is 5.54 Å². The third-order valence-corrected chi connectivity index (χ3v) is 2.57. The van der Waals surface area contributed by atoms with Crippen LogP contribution in [0.3, 0.4) is 0 Å². The fourth-order valence-electron chi connectivity index (χ4n) is 1.59. The molecule has 1 atom stereocenters. The summed E-state index contributed by atoms with van der Waals surface area (Å²) < 4.78 is 0. The Morgan fingerprint density at radius 1 is 1.40 bits per heavy atom. The van der Waals surface area contributed by atoms with Gasteiger partial charge in [-0.1, -0.05) is 13.8 Å². The molecule has 4 heteroatoms. The zero-order valence-corrected chi connectivity index (χ0v) is 10.5. The van der Waals surface area contributed by atoms with Crippen molar-refractivity contribution in [3.63, 3.8) is 0 Å². The van der Waals surface area contributed by atoms with Gasteiger partial charge in [0.15, 0.2) is 0 Å². The van der Waals surface area contributed by atoms with Gasteiger partial charge in [0, 0.05) is 12.6 Å². The van der Waals surface area contributed by atoms with Crippen molar-refractivity contribution in [3.05, 3.63) is 0 Å². The second kappa shape index (κ2) is 6.08. The first-order valence-electron chi connectivity index (χ1n) is 5.56. The van der Waals surface area contributed by atoms with Crippen LogP contribution in [0.15, 0.2) is 0 Å². The fourth-order valence-corrected chi connectivity index (χ4v) is 1.59. The molecule has 4 nitrogen and oxygen atoms in total. The van der Waals surface area contributed by atoms with E-state index in [0.717, 1.165) is 19.6 Å². The number of carbonyl (C=O) groups is 1. The Bertz CT molecular complexity index is 201. The van der Waals surface area contributed by atoms with Gasteiger partial charge in [-0.15, -0.1) is 0 Å². The van der Waals surface area contributed by atoms with Crippen LogP contribution in [-0.2, 0) is 4.79 Å². The number of carboxylic acids is 1. The van der Waals surface area contributed by atoms with Crippen LogP contribution in [0.1, 0.15) is 34.6 Å². The normalized spacial score (nSPS) is 14.3. The first-order chi connectivity index (χ1) is 6.83. The minimum Gasteiger partial charge on any atom is -0.480 e. The first kappa shape index (κ1) is 14.4. The molecule has 0 aromatic rings. The van der Waals surface area contributed by atoms with E-state index in [4.69, 9.17) is 5.11 Å². The summed E-state index contributed by atoms with van der Waals surface area (Å²) in [5.41, 5.74) is -0.855. The van der Waals surface area contributed by atoms with Crippen LogP contribution in [-0.4, -0.2) is 47.2 Å². The van der Waals surface area contributed by atoms with Crippen molar-refractivity contribution >= 4 is 5.97 Å². The topological polar surface area (TPSA) is 52.6 Å². The van der Waals surface area contributed by atoms with Crippen LogP contribution in [0.2, 0.25) is 0 Å². The molecule has 0 saturated heterocycles. The van der Waals surface area contributed by atoms with Crippen LogP contribution in [0.5, 0.6) is 0 Å². The maximum Gasteiger partial charge on any atom is 0.323 e. The zero-order valence-electron chi connectivity index (χ0n) is 10.5. The van der Waals surface area contributed by atoms with Gasteiger partial charge in [-0.3, -0.25) is 10.1 Å². The van der Waals surface area contributed by atoms with Gasteiger partial charge in [-0.05, 0) is 33.9 Å². The third kappa shape index (κ3) is 5.14. The minimum absolute atomic E-state index is 0.177. The Morgan fingerprint density at radius 2 is 1.87 bits per heavy atom. The van der Waals surface area contributed by atoms with E-state index in [1.165, 1.54) is 0 Å². The minimum atomic E-state index is -0.855. The maximum absolute atomic E-state index is 10.9. The lowest BCUT2D eigenvalue weighted by Crippen LogP contribution is -2.53. The summed E-state index contributed by atoms with van der Waals surface area (Å²) in [5.74, 6) is -0.811.